The molecule has 0 aliphatic heterocycles. The Balaban J connectivity index is 2.50. The van der Waals surface area contributed by atoms with Crippen molar-refractivity contribution >= 4 is 29.2 Å². The number of anilines is 2. The molecule has 0 unspecified atom stereocenters. The highest BCUT2D eigenvalue weighted by molar-refractivity contribution is 7.98. The highest BCUT2D eigenvalue weighted by atomic mass is 32.2. The highest BCUT2D eigenvalue weighted by Crippen LogP contribution is 2.31. The first-order valence-electron chi connectivity index (χ1n) is 9.46. The quantitative estimate of drug-likeness (QED) is 0.425. The summed E-state index contributed by atoms with van der Waals surface area (Å²) in [4.78, 5) is 15.8. The summed E-state index contributed by atoms with van der Waals surface area (Å²) in [5, 5.41) is 9.70. The molecule has 158 valence electrons. The third-order valence-corrected chi connectivity index (χ3v) is 4.98. The first-order chi connectivity index (χ1) is 13.8. The van der Waals surface area contributed by atoms with Gasteiger partial charge < -0.3 is 10.2 Å². The van der Waals surface area contributed by atoms with Crippen LogP contribution in [0.3, 0.4) is 0 Å². The Morgan fingerprint density at radius 3 is 2.55 bits per heavy atom. The van der Waals surface area contributed by atoms with Crippen LogP contribution < -0.4 is 10.2 Å². The molecule has 0 radical (unpaired) electrons. The maximum Gasteiger partial charge on any atom is 0.435 e. The van der Waals surface area contributed by atoms with Crippen molar-refractivity contribution < 1.29 is 18.0 Å². The number of carbonyl (C=O) groups excluding carboxylic acids is 1. The highest BCUT2D eigenvalue weighted by Gasteiger charge is 2.35. The van der Waals surface area contributed by atoms with E-state index in [1.165, 1.54) is 16.7 Å². The lowest BCUT2D eigenvalue weighted by Crippen LogP contribution is -2.33. The van der Waals surface area contributed by atoms with E-state index >= 15 is 0 Å². The summed E-state index contributed by atoms with van der Waals surface area (Å²) in [5.41, 5.74) is -0.681. The fourth-order valence-corrected chi connectivity index (χ4v) is 3.24. The van der Waals surface area contributed by atoms with E-state index in [4.69, 9.17) is 0 Å². The standard InChI is InChI=1S/C20H25F3N4OS/c1-4-6-7-11-27(14-9-8-10-15(12-14)29-3)19(28)16-13-17(20(21,22)23)25-26-18(16)24-5-2/h8-10,12-13H,4-7,11H2,1-3H3,(H,24,26). The number of rotatable bonds is 9. The van der Waals surface area contributed by atoms with Crippen molar-refractivity contribution in [2.24, 2.45) is 0 Å². The summed E-state index contributed by atoms with van der Waals surface area (Å²) in [6.45, 7) is 4.62. The topological polar surface area (TPSA) is 58.1 Å². The Morgan fingerprint density at radius 2 is 1.93 bits per heavy atom. The Hall–Kier alpha value is -2.29. The maximum absolute atomic E-state index is 13.4. The molecular formula is C20H25F3N4OS. The Labute approximate surface area is 173 Å². The number of benzene rings is 1. The van der Waals surface area contributed by atoms with Gasteiger partial charge in [-0.1, -0.05) is 25.8 Å². The number of halogens is 3. The second kappa shape index (κ2) is 10.5. The predicted molar refractivity (Wildman–Crippen MR) is 111 cm³/mol. The minimum absolute atomic E-state index is 0.0482. The van der Waals surface area contributed by atoms with Crippen LogP contribution in [0.5, 0.6) is 0 Å². The van der Waals surface area contributed by atoms with Crippen LogP contribution in [0, 0.1) is 0 Å². The fraction of sp³-hybridized carbons (Fsp3) is 0.450. The molecule has 0 spiro atoms. The number of nitrogens with one attached hydrogen (secondary N) is 1. The Bertz CT molecular complexity index is 830. The smallest absolute Gasteiger partial charge is 0.368 e. The van der Waals surface area contributed by atoms with Gasteiger partial charge in [0.2, 0.25) is 0 Å². The van der Waals surface area contributed by atoms with Gasteiger partial charge in [0.15, 0.2) is 11.5 Å². The van der Waals surface area contributed by atoms with Gasteiger partial charge in [0.1, 0.15) is 0 Å². The molecule has 0 bridgehead atoms. The van der Waals surface area contributed by atoms with Gasteiger partial charge in [0, 0.05) is 23.7 Å². The van der Waals surface area contributed by atoms with E-state index in [1.807, 2.05) is 31.4 Å². The largest absolute Gasteiger partial charge is 0.435 e. The molecule has 1 amide bonds. The van der Waals surface area contributed by atoms with Crippen LogP contribution in [0.1, 0.15) is 49.2 Å². The molecule has 5 nitrogen and oxygen atoms in total. The van der Waals surface area contributed by atoms with E-state index in [9.17, 15) is 18.0 Å². The second-order valence-corrected chi connectivity index (χ2v) is 7.26. The number of hydrogen-bond donors (Lipinski definition) is 1. The molecule has 1 heterocycles. The van der Waals surface area contributed by atoms with Gasteiger partial charge in [-0.05, 0) is 43.9 Å². The van der Waals surface area contributed by atoms with E-state index in [-0.39, 0.29) is 11.4 Å². The first-order valence-corrected chi connectivity index (χ1v) is 10.7. The van der Waals surface area contributed by atoms with Crippen LogP contribution >= 0.6 is 11.8 Å². The number of nitrogens with zero attached hydrogens (tertiary/aromatic N) is 3. The van der Waals surface area contributed by atoms with Gasteiger partial charge in [0.05, 0.1) is 5.56 Å². The van der Waals surface area contributed by atoms with Crippen LogP contribution in [0.2, 0.25) is 0 Å². The molecule has 2 aromatic rings. The van der Waals surface area contributed by atoms with Gasteiger partial charge in [-0.25, -0.2) is 0 Å². The molecule has 0 aliphatic rings. The van der Waals surface area contributed by atoms with Gasteiger partial charge >= 0.3 is 6.18 Å². The average molecular weight is 427 g/mol. The Morgan fingerprint density at radius 1 is 1.17 bits per heavy atom. The second-order valence-electron chi connectivity index (χ2n) is 6.39. The van der Waals surface area contributed by atoms with Crippen molar-refractivity contribution in [3.8, 4) is 0 Å². The van der Waals surface area contributed by atoms with Crippen LogP contribution in [-0.2, 0) is 6.18 Å². The average Bonchev–Trinajstić information content (AvgIpc) is 2.70. The summed E-state index contributed by atoms with van der Waals surface area (Å²) in [7, 11) is 0. The van der Waals surface area contributed by atoms with Crippen molar-refractivity contribution in [2.75, 3.05) is 29.6 Å². The first kappa shape index (κ1) is 23.0. The zero-order valence-corrected chi connectivity index (χ0v) is 17.5. The van der Waals surface area contributed by atoms with E-state index < -0.39 is 17.8 Å². The molecule has 1 aromatic heterocycles. The molecule has 1 aromatic carbocycles. The molecule has 0 atom stereocenters. The van der Waals surface area contributed by atoms with Crippen molar-refractivity contribution in [2.45, 2.75) is 44.2 Å². The summed E-state index contributed by atoms with van der Waals surface area (Å²) < 4.78 is 39.5. The van der Waals surface area contributed by atoms with Crippen molar-refractivity contribution in [1.82, 2.24) is 10.2 Å². The van der Waals surface area contributed by atoms with Crippen LogP contribution in [0.15, 0.2) is 35.2 Å². The summed E-state index contributed by atoms with van der Waals surface area (Å²) in [6.07, 6.45) is -0.140. The van der Waals surface area contributed by atoms with E-state index in [1.54, 1.807) is 13.0 Å². The number of amides is 1. The normalized spacial score (nSPS) is 11.4. The number of aromatic nitrogens is 2. The maximum atomic E-state index is 13.4. The minimum Gasteiger partial charge on any atom is -0.368 e. The summed E-state index contributed by atoms with van der Waals surface area (Å²) in [5.74, 6) is -0.484. The van der Waals surface area contributed by atoms with Crippen molar-refractivity contribution in [1.29, 1.82) is 0 Å². The summed E-state index contributed by atoms with van der Waals surface area (Å²) in [6, 6.07) is 8.18. The number of alkyl halides is 3. The molecule has 1 N–H and O–H groups in total. The van der Waals surface area contributed by atoms with E-state index in [0.29, 0.717) is 18.8 Å². The van der Waals surface area contributed by atoms with Crippen molar-refractivity contribution in [3.05, 3.63) is 41.6 Å². The molecular weight excluding hydrogens is 401 g/mol. The van der Waals surface area contributed by atoms with E-state index in [2.05, 4.69) is 15.5 Å². The monoisotopic (exact) mass is 426 g/mol. The van der Waals surface area contributed by atoms with Crippen LogP contribution in [0.4, 0.5) is 24.7 Å². The number of hydrogen-bond acceptors (Lipinski definition) is 5. The molecule has 0 saturated heterocycles. The Kier molecular flexibility index (Phi) is 8.31. The van der Waals surface area contributed by atoms with Crippen LogP contribution in [0.25, 0.3) is 0 Å². The fourth-order valence-electron chi connectivity index (χ4n) is 2.78. The van der Waals surface area contributed by atoms with Gasteiger partial charge in [-0.2, -0.15) is 13.2 Å². The predicted octanol–water partition coefficient (Wildman–Crippen LogP) is 5.49. The zero-order valence-electron chi connectivity index (χ0n) is 16.7. The molecule has 0 aliphatic carbocycles. The van der Waals surface area contributed by atoms with E-state index in [0.717, 1.165) is 30.2 Å². The minimum atomic E-state index is -4.68. The molecule has 9 heteroatoms. The van der Waals surface area contributed by atoms with Gasteiger partial charge in [-0.3, -0.25) is 4.79 Å². The molecule has 29 heavy (non-hydrogen) atoms. The number of thioether (sulfide) groups is 1. The molecule has 0 fully saturated rings. The molecule has 2 rings (SSSR count). The van der Waals surface area contributed by atoms with Crippen molar-refractivity contribution in [3.63, 3.8) is 0 Å². The lowest BCUT2D eigenvalue weighted by molar-refractivity contribution is -0.141. The van der Waals surface area contributed by atoms with Gasteiger partial charge in [-0.15, -0.1) is 22.0 Å². The summed E-state index contributed by atoms with van der Waals surface area (Å²) >= 11 is 1.53. The number of unbranched alkanes of at least 4 members (excludes halogenated alkanes) is 2. The van der Waals surface area contributed by atoms with Gasteiger partial charge in [0.25, 0.3) is 5.91 Å². The third kappa shape index (κ3) is 6.09. The SMILES string of the molecule is CCCCCN(C(=O)c1cc(C(F)(F)F)nnc1NCC)c1cccc(SC)c1. The lowest BCUT2D eigenvalue weighted by atomic mass is 10.1. The van der Waals surface area contributed by atoms with Crippen LogP contribution in [-0.4, -0.2) is 35.4 Å². The third-order valence-electron chi connectivity index (χ3n) is 4.25. The molecule has 0 saturated carbocycles. The zero-order chi connectivity index (χ0) is 21.4. The number of carbonyl (C=O) groups is 1. The lowest BCUT2D eigenvalue weighted by Gasteiger charge is -2.24.